The second-order valence-corrected chi connectivity index (χ2v) is 8.89. The Kier molecular flexibility index (Phi) is 6.71. The molecule has 4 rings (SSSR count). The Morgan fingerprint density at radius 3 is 2.32 bits per heavy atom. The van der Waals surface area contributed by atoms with Crippen molar-refractivity contribution in [3.63, 3.8) is 0 Å². The summed E-state index contributed by atoms with van der Waals surface area (Å²) < 4.78 is 45.1. The number of rotatable bonds is 7. The van der Waals surface area contributed by atoms with Crippen molar-refractivity contribution < 1.29 is 27.8 Å². The first kappa shape index (κ1) is 24.3. The Morgan fingerprint density at radius 1 is 1.06 bits per heavy atom. The minimum atomic E-state index is -4.38. The maximum atomic E-state index is 12.9. The van der Waals surface area contributed by atoms with Crippen molar-refractivity contribution in [2.24, 2.45) is 0 Å². The summed E-state index contributed by atoms with van der Waals surface area (Å²) in [5, 5.41) is 9.69. The van der Waals surface area contributed by atoms with Gasteiger partial charge in [0.25, 0.3) is 0 Å². The zero-order chi connectivity index (χ0) is 24.5. The number of carboxylic acids is 1. The van der Waals surface area contributed by atoms with Crippen LogP contribution in [0, 0.1) is 0 Å². The highest BCUT2D eigenvalue weighted by Gasteiger charge is 2.42. The van der Waals surface area contributed by atoms with E-state index in [9.17, 15) is 18.0 Å². The first-order valence-corrected chi connectivity index (χ1v) is 11.1. The Balaban J connectivity index is 1.68. The molecule has 0 aliphatic carbocycles. The third-order valence-corrected chi connectivity index (χ3v) is 6.37. The van der Waals surface area contributed by atoms with Gasteiger partial charge in [-0.2, -0.15) is 13.2 Å². The van der Waals surface area contributed by atoms with Gasteiger partial charge in [0.05, 0.1) is 18.7 Å². The molecule has 0 amide bonds. The summed E-state index contributed by atoms with van der Waals surface area (Å²) in [6.07, 6.45) is -3.86. The summed E-state index contributed by atoms with van der Waals surface area (Å²) in [5.41, 5.74) is 2.80. The van der Waals surface area contributed by atoms with Gasteiger partial charge < -0.3 is 9.84 Å². The van der Waals surface area contributed by atoms with Crippen LogP contribution in [-0.2, 0) is 27.9 Å². The molecule has 0 bridgehead atoms. The monoisotopic (exact) mass is 489 g/mol. The molecule has 34 heavy (non-hydrogen) atoms. The molecule has 0 aromatic heterocycles. The van der Waals surface area contributed by atoms with E-state index < -0.39 is 23.3 Å². The molecule has 3 aromatic carbocycles. The van der Waals surface area contributed by atoms with Gasteiger partial charge in [0, 0.05) is 11.6 Å². The zero-order valence-electron chi connectivity index (χ0n) is 18.4. The largest absolute Gasteiger partial charge is 0.480 e. The third kappa shape index (κ3) is 4.97. The number of aliphatic carboxylic acids is 1. The van der Waals surface area contributed by atoms with E-state index in [-0.39, 0.29) is 6.54 Å². The quantitative estimate of drug-likeness (QED) is 0.429. The van der Waals surface area contributed by atoms with E-state index in [4.69, 9.17) is 21.4 Å². The van der Waals surface area contributed by atoms with Crippen LogP contribution in [0.5, 0.6) is 0 Å². The molecule has 1 aliphatic heterocycles. The lowest BCUT2D eigenvalue weighted by Crippen LogP contribution is -2.34. The van der Waals surface area contributed by atoms with Crippen molar-refractivity contribution in [3.05, 3.63) is 94.0 Å². The van der Waals surface area contributed by atoms with E-state index in [1.54, 1.807) is 24.1 Å². The number of alkyl halides is 3. The molecule has 0 fully saturated rings. The fraction of sp³-hybridized carbons (Fsp3) is 0.269. The predicted octanol–water partition coefficient (Wildman–Crippen LogP) is 6.21. The van der Waals surface area contributed by atoms with Gasteiger partial charge in [-0.1, -0.05) is 48.0 Å². The van der Waals surface area contributed by atoms with E-state index >= 15 is 0 Å². The number of hydrogen-bond donors (Lipinski definition) is 1. The third-order valence-electron chi connectivity index (χ3n) is 6.12. The maximum Gasteiger partial charge on any atom is 0.416 e. The standard InChI is InChI=1S/C26H23ClF3NO3/c1-31(15-24(32)33)13-12-25(20-7-9-22(27)10-8-20)23-11-4-18(14-19(23)16-34-25)17-2-5-21(6-3-17)26(28,29)30/h2-11,14H,12-13,15-16H2,1H3,(H,32,33). The van der Waals surface area contributed by atoms with Crippen LogP contribution in [0.4, 0.5) is 13.2 Å². The van der Waals surface area contributed by atoms with Crippen LogP contribution in [0.1, 0.15) is 28.7 Å². The van der Waals surface area contributed by atoms with Crippen molar-refractivity contribution in [1.82, 2.24) is 4.90 Å². The highest BCUT2D eigenvalue weighted by atomic mass is 35.5. The topological polar surface area (TPSA) is 49.8 Å². The molecule has 1 unspecified atom stereocenters. The molecule has 0 spiro atoms. The van der Waals surface area contributed by atoms with E-state index in [1.165, 1.54) is 12.1 Å². The minimum Gasteiger partial charge on any atom is -0.480 e. The van der Waals surface area contributed by atoms with Gasteiger partial charge in [-0.3, -0.25) is 9.69 Å². The molecule has 4 nitrogen and oxygen atoms in total. The van der Waals surface area contributed by atoms with E-state index in [2.05, 4.69) is 0 Å². The number of fused-ring (bicyclic) bond motifs is 1. The summed E-state index contributed by atoms with van der Waals surface area (Å²) in [4.78, 5) is 12.8. The van der Waals surface area contributed by atoms with E-state index in [1.807, 2.05) is 30.3 Å². The average molecular weight is 490 g/mol. The Bertz CT molecular complexity index is 1180. The second-order valence-electron chi connectivity index (χ2n) is 8.45. The SMILES string of the molecule is CN(CCC1(c2ccc(Cl)cc2)OCc2cc(-c3ccc(C(F)(F)F)cc3)ccc21)CC(=O)O. The zero-order valence-corrected chi connectivity index (χ0v) is 19.2. The first-order valence-electron chi connectivity index (χ1n) is 10.7. The van der Waals surface area contributed by atoms with Crippen molar-refractivity contribution >= 4 is 17.6 Å². The normalized spacial score (nSPS) is 17.7. The van der Waals surface area contributed by atoms with Crippen LogP contribution >= 0.6 is 11.6 Å². The van der Waals surface area contributed by atoms with Gasteiger partial charge in [0.2, 0.25) is 0 Å². The number of nitrogens with zero attached hydrogens (tertiary/aromatic N) is 1. The van der Waals surface area contributed by atoms with Crippen LogP contribution in [-0.4, -0.2) is 36.1 Å². The lowest BCUT2D eigenvalue weighted by molar-refractivity contribution is -0.138. The van der Waals surface area contributed by atoms with E-state index in [0.717, 1.165) is 34.4 Å². The Labute approximate surface area is 200 Å². The molecule has 1 heterocycles. The molecular formula is C26H23ClF3NO3. The van der Waals surface area contributed by atoms with Crippen LogP contribution in [0.2, 0.25) is 5.02 Å². The van der Waals surface area contributed by atoms with Gasteiger partial charge in [0.15, 0.2) is 0 Å². The molecule has 3 aromatic rings. The molecule has 8 heteroatoms. The summed E-state index contributed by atoms with van der Waals surface area (Å²) >= 11 is 6.09. The molecule has 0 radical (unpaired) electrons. The van der Waals surface area contributed by atoms with Crippen LogP contribution in [0.3, 0.4) is 0 Å². The summed E-state index contributed by atoms with van der Waals surface area (Å²) in [5.74, 6) is -0.906. The van der Waals surface area contributed by atoms with Gasteiger partial charge >= 0.3 is 12.1 Å². The minimum absolute atomic E-state index is 0.0869. The summed E-state index contributed by atoms with van der Waals surface area (Å²) in [6.45, 7) is 0.723. The van der Waals surface area contributed by atoms with Crippen LogP contribution in [0.15, 0.2) is 66.7 Å². The van der Waals surface area contributed by atoms with Gasteiger partial charge in [-0.15, -0.1) is 0 Å². The number of hydrogen-bond acceptors (Lipinski definition) is 3. The smallest absolute Gasteiger partial charge is 0.416 e. The number of ether oxygens (including phenoxy) is 1. The lowest BCUT2D eigenvalue weighted by Gasteiger charge is -2.32. The lowest BCUT2D eigenvalue weighted by atomic mass is 9.82. The first-order chi connectivity index (χ1) is 16.1. The predicted molar refractivity (Wildman–Crippen MR) is 124 cm³/mol. The summed E-state index contributed by atoms with van der Waals surface area (Å²) in [7, 11) is 1.74. The van der Waals surface area contributed by atoms with E-state index in [0.29, 0.717) is 30.2 Å². The van der Waals surface area contributed by atoms with Crippen LogP contribution < -0.4 is 0 Å². The highest BCUT2D eigenvalue weighted by molar-refractivity contribution is 6.30. The van der Waals surface area contributed by atoms with Crippen molar-refractivity contribution in [1.29, 1.82) is 0 Å². The van der Waals surface area contributed by atoms with Gasteiger partial charge in [-0.25, -0.2) is 0 Å². The summed E-state index contributed by atoms with van der Waals surface area (Å²) in [6, 6.07) is 18.2. The fourth-order valence-electron chi connectivity index (χ4n) is 4.38. The van der Waals surface area contributed by atoms with Crippen molar-refractivity contribution in [2.45, 2.75) is 24.8 Å². The number of halogens is 4. The van der Waals surface area contributed by atoms with Crippen LogP contribution in [0.25, 0.3) is 11.1 Å². The van der Waals surface area contributed by atoms with Gasteiger partial charge in [-0.05, 0) is 71.6 Å². The fourth-order valence-corrected chi connectivity index (χ4v) is 4.51. The number of likely N-dealkylation sites (N-methyl/N-ethyl adjacent to an activating group) is 1. The molecular weight excluding hydrogens is 467 g/mol. The molecule has 1 aliphatic rings. The number of carbonyl (C=O) groups is 1. The highest BCUT2D eigenvalue weighted by Crippen LogP contribution is 2.46. The van der Waals surface area contributed by atoms with Crippen molar-refractivity contribution in [3.8, 4) is 11.1 Å². The molecule has 178 valence electrons. The molecule has 0 saturated carbocycles. The van der Waals surface area contributed by atoms with Gasteiger partial charge in [0.1, 0.15) is 5.60 Å². The Morgan fingerprint density at radius 2 is 1.71 bits per heavy atom. The maximum absolute atomic E-state index is 12.9. The molecule has 1 N–H and O–H groups in total. The second kappa shape index (κ2) is 9.41. The van der Waals surface area contributed by atoms with Crippen molar-refractivity contribution in [2.75, 3.05) is 20.1 Å². The average Bonchev–Trinajstić information content (AvgIpc) is 3.16. The number of carboxylic acid groups (broad SMARTS) is 1. The Hall–Kier alpha value is -2.87. The molecule has 1 atom stereocenters. The number of benzene rings is 3. The molecule has 0 saturated heterocycles.